The van der Waals surface area contributed by atoms with Crippen molar-refractivity contribution in [2.75, 3.05) is 37.7 Å². The van der Waals surface area contributed by atoms with Crippen LogP contribution in [0.25, 0.3) is 0 Å². The van der Waals surface area contributed by atoms with Crippen molar-refractivity contribution in [3.8, 4) is 5.75 Å². The van der Waals surface area contributed by atoms with E-state index in [9.17, 15) is 13.2 Å². The molecule has 0 atom stereocenters. The number of nitrogens with two attached hydrogens (primary N) is 1. The third-order valence-electron chi connectivity index (χ3n) is 3.21. The molecule has 0 saturated carbocycles. The number of carbonyl (C=O) groups is 1. The van der Waals surface area contributed by atoms with Crippen molar-refractivity contribution in [1.29, 1.82) is 0 Å². The maximum atomic E-state index is 12.4. The van der Waals surface area contributed by atoms with Crippen molar-refractivity contribution in [2.24, 2.45) is 0 Å². The number of amides is 2. The van der Waals surface area contributed by atoms with Gasteiger partial charge in [-0.05, 0) is 19.1 Å². The second-order valence-corrected chi connectivity index (χ2v) is 6.75. The molecule has 8 heteroatoms. The third-order valence-corrected chi connectivity index (χ3v) is 4.95. The average Bonchev–Trinajstić information content (AvgIpc) is 2.84. The molecule has 1 heterocycles. The van der Waals surface area contributed by atoms with Gasteiger partial charge in [0.05, 0.1) is 22.9 Å². The van der Waals surface area contributed by atoms with Crippen LogP contribution in [-0.2, 0) is 9.84 Å². The van der Waals surface area contributed by atoms with Crippen LogP contribution in [0, 0.1) is 0 Å². The molecule has 1 saturated heterocycles. The molecule has 1 aliphatic rings. The number of urea groups is 1. The van der Waals surface area contributed by atoms with Crippen LogP contribution in [0.5, 0.6) is 5.75 Å². The first-order valence-electron chi connectivity index (χ1n) is 6.72. The van der Waals surface area contributed by atoms with Gasteiger partial charge in [0, 0.05) is 25.7 Å². The van der Waals surface area contributed by atoms with Crippen molar-refractivity contribution >= 4 is 21.6 Å². The Balaban J connectivity index is 2.14. The fourth-order valence-electron chi connectivity index (χ4n) is 2.11. The van der Waals surface area contributed by atoms with Gasteiger partial charge in [-0.25, -0.2) is 13.2 Å². The van der Waals surface area contributed by atoms with E-state index in [1.54, 1.807) is 6.07 Å². The Morgan fingerprint density at radius 1 is 1.43 bits per heavy atom. The van der Waals surface area contributed by atoms with Gasteiger partial charge < -0.3 is 20.7 Å². The minimum absolute atomic E-state index is 0.0491. The highest BCUT2D eigenvalue weighted by Crippen LogP contribution is 2.25. The molecule has 3 N–H and O–H groups in total. The van der Waals surface area contributed by atoms with Crippen LogP contribution in [0.1, 0.15) is 6.92 Å². The molecule has 21 heavy (non-hydrogen) atoms. The van der Waals surface area contributed by atoms with Crippen molar-refractivity contribution in [1.82, 2.24) is 10.2 Å². The van der Waals surface area contributed by atoms with E-state index < -0.39 is 9.84 Å². The van der Waals surface area contributed by atoms with Gasteiger partial charge in [-0.1, -0.05) is 0 Å². The summed E-state index contributed by atoms with van der Waals surface area (Å²) in [4.78, 5) is 12.9. The molecule has 2 amide bonds. The zero-order chi connectivity index (χ0) is 15.5. The molecule has 0 aromatic heterocycles. The van der Waals surface area contributed by atoms with E-state index in [1.165, 1.54) is 17.0 Å². The molecule has 1 aromatic rings. The van der Waals surface area contributed by atoms with Gasteiger partial charge in [0.25, 0.3) is 0 Å². The Labute approximate surface area is 124 Å². The number of nitrogens with zero attached hydrogens (tertiary/aromatic N) is 1. The van der Waals surface area contributed by atoms with Gasteiger partial charge in [-0.15, -0.1) is 0 Å². The number of nitrogens with one attached hydrogen (secondary N) is 1. The molecule has 7 nitrogen and oxygen atoms in total. The highest BCUT2D eigenvalue weighted by Gasteiger charge is 2.24. The minimum Gasteiger partial charge on any atom is -0.494 e. The molecular weight excluding hydrogens is 294 g/mol. The summed E-state index contributed by atoms with van der Waals surface area (Å²) in [6.45, 7) is 3.46. The molecule has 1 aromatic carbocycles. The number of hydrogen-bond acceptors (Lipinski definition) is 5. The van der Waals surface area contributed by atoms with Crippen LogP contribution in [-0.4, -0.2) is 51.3 Å². The fraction of sp³-hybridized carbons (Fsp3) is 0.462. The number of sulfone groups is 1. The van der Waals surface area contributed by atoms with Gasteiger partial charge in [-0.3, -0.25) is 0 Å². The Bertz CT molecular complexity index is 630. The predicted octanol–water partition coefficient (Wildman–Crippen LogP) is 0.466. The topological polar surface area (TPSA) is 102 Å². The summed E-state index contributed by atoms with van der Waals surface area (Å²) in [7, 11) is -3.57. The third kappa shape index (κ3) is 3.57. The van der Waals surface area contributed by atoms with Gasteiger partial charge in [0.1, 0.15) is 5.75 Å². The minimum atomic E-state index is -3.57. The first-order valence-corrected chi connectivity index (χ1v) is 8.37. The number of hydrogen-bond donors (Lipinski definition) is 2. The van der Waals surface area contributed by atoms with Crippen LogP contribution in [0.3, 0.4) is 0 Å². The quantitative estimate of drug-likeness (QED) is 0.743. The van der Waals surface area contributed by atoms with Gasteiger partial charge in [-0.2, -0.15) is 0 Å². The Morgan fingerprint density at radius 3 is 2.81 bits per heavy atom. The smallest absolute Gasteiger partial charge is 0.317 e. The Morgan fingerprint density at radius 2 is 2.19 bits per heavy atom. The standard InChI is InChI=1S/C13H19N3O4S/c1-2-20-10-3-4-11(14)12(9-10)21(18,19)8-7-16-6-5-15-13(16)17/h3-4,9H,2,5-8,14H2,1H3,(H,15,17). The lowest BCUT2D eigenvalue weighted by Crippen LogP contribution is -2.32. The number of carbonyl (C=O) groups excluding carboxylic acids is 1. The second-order valence-electron chi connectivity index (χ2n) is 4.67. The average molecular weight is 313 g/mol. The molecule has 0 spiro atoms. The molecular formula is C13H19N3O4S. The number of ether oxygens (including phenoxy) is 1. The van der Waals surface area contributed by atoms with E-state index in [4.69, 9.17) is 10.5 Å². The molecule has 0 bridgehead atoms. The van der Waals surface area contributed by atoms with Crippen LogP contribution in [0.4, 0.5) is 10.5 Å². The number of rotatable bonds is 6. The van der Waals surface area contributed by atoms with E-state index >= 15 is 0 Å². The summed E-state index contributed by atoms with van der Waals surface area (Å²) in [5.41, 5.74) is 5.94. The van der Waals surface area contributed by atoms with Crippen LogP contribution >= 0.6 is 0 Å². The Hall–Kier alpha value is -1.96. The summed E-state index contributed by atoms with van der Waals surface area (Å²) in [6, 6.07) is 4.34. The first kappa shape index (κ1) is 15.4. The maximum Gasteiger partial charge on any atom is 0.317 e. The van der Waals surface area contributed by atoms with Crippen molar-refractivity contribution in [3.63, 3.8) is 0 Å². The maximum absolute atomic E-state index is 12.4. The highest BCUT2D eigenvalue weighted by atomic mass is 32.2. The van der Waals surface area contributed by atoms with E-state index in [0.29, 0.717) is 25.4 Å². The summed E-state index contributed by atoms with van der Waals surface area (Å²) in [5, 5.41) is 2.63. The molecule has 1 fully saturated rings. The summed E-state index contributed by atoms with van der Waals surface area (Å²) >= 11 is 0. The van der Waals surface area contributed by atoms with Crippen molar-refractivity contribution < 1.29 is 17.9 Å². The SMILES string of the molecule is CCOc1ccc(N)c(S(=O)(=O)CCN2CCNC2=O)c1. The van der Waals surface area contributed by atoms with Crippen LogP contribution in [0.2, 0.25) is 0 Å². The lowest BCUT2D eigenvalue weighted by atomic mass is 10.3. The van der Waals surface area contributed by atoms with Crippen molar-refractivity contribution in [3.05, 3.63) is 18.2 Å². The van der Waals surface area contributed by atoms with Gasteiger partial charge in [0.2, 0.25) is 0 Å². The zero-order valence-corrected chi connectivity index (χ0v) is 12.6. The first-order chi connectivity index (χ1) is 9.94. The molecule has 0 radical (unpaired) electrons. The summed E-state index contributed by atoms with van der Waals surface area (Å²) in [6.07, 6.45) is 0. The van der Waals surface area contributed by atoms with Gasteiger partial charge in [0.15, 0.2) is 9.84 Å². The van der Waals surface area contributed by atoms with Crippen LogP contribution < -0.4 is 15.8 Å². The predicted molar refractivity (Wildman–Crippen MR) is 79.0 cm³/mol. The molecule has 1 aliphatic heterocycles. The summed E-state index contributed by atoms with van der Waals surface area (Å²) in [5.74, 6) is 0.296. The fourth-order valence-corrected chi connectivity index (χ4v) is 3.51. The number of anilines is 1. The van der Waals surface area contributed by atoms with E-state index in [2.05, 4.69) is 5.32 Å². The normalized spacial score (nSPS) is 15.1. The number of nitrogen functional groups attached to an aromatic ring is 1. The zero-order valence-electron chi connectivity index (χ0n) is 11.8. The van der Waals surface area contributed by atoms with E-state index in [0.717, 1.165) is 0 Å². The van der Waals surface area contributed by atoms with E-state index in [1.807, 2.05) is 6.92 Å². The molecule has 116 valence electrons. The largest absolute Gasteiger partial charge is 0.494 e. The number of benzene rings is 1. The van der Waals surface area contributed by atoms with Crippen LogP contribution in [0.15, 0.2) is 23.1 Å². The second kappa shape index (κ2) is 6.21. The van der Waals surface area contributed by atoms with Crippen molar-refractivity contribution in [2.45, 2.75) is 11.8 Å². The lowest BCUT2D eigenvalue weighted by molar-refractivity contribution is 0.220. The molecule has 2 rings (SSSR count). The lowest BCUT2D eigenvalue weighted by Gasteiger charge is -2.15. The molecule has 0 aliphatic carbocycles. The Kier molecular flexibility index (Phi) is 4.56. The molecule has 0 unspecified atom stereocenters. The monoisotopic (exact) mass is 313 g/mol. The van der Waals surface area contributed by atoms with E-state index in [-0.39, 0.29) is 28.9 Å². The van der Waals surface area contributed by atoms with Gasteiger partial charge >= 0.3 is 6.03 Å². The summed E-state index contributed by atoms with van der Waals surface area (Å²) < 4.78 is 30.1. The highest BCUT2D eigenvalue weighted by molar-refractivity contribution is 7.91.